The number of hydrogen-bond donors (Lipinski definition) is 1. The third kappa shape index (κ3) is 5.26. The minimum atomic E-state index is -3.89. The van der Waals surface area contributed by atoms with Crippen molar-refractivity contribution < 1.29 is 16.8 Å². The molecule has 1 heterocycles. The number of benzene rings is 3. The predicted molar refractivity (Wildman–Crippen MR) is 135 cm³/mol. The van der Waals surface area contributed by atoms with Crippen LogP contribution in [-0.2, 0) is 26.4 Å². The number of rotatable bonds is 7. The normalized spacial score (nSPS) is 13.3. The molecule has 4 aromatic rings. The number of aromatic nitrogens is 1. The van der Waals surface area contributed by atoms with Crippen LogP contribution in [0.25, 0.3) is 10.2 Å². The number of sulfone groups is 1. The lowest BCUT2D eigenvalue weighted by molar-refractivity contribution is 0.566. The monoisotopic (exact) mass is 536 g/mol. The first-order valence-corrected chi connectivity index (χ1v) is 14.7. The lowest BCUT2D eigenvalue weighted by Crippen LogP contribution is -2.26. The summed E-state index contributed by atoms with van der Waals surface area (Å²) in [6, 6.07) is 17.2. The quantitative estimate of drug-likeness (QED) is 0.381. The number of nitrogens with zero attached hydrogens (tertiary/aromatic N) is 1. The van der Waals surface area contributed by atoms with E-state index in [1.165, 1.54) is 24.3 Å². The maximum Gasteiger partial charge on any atom is 0.308 e. The molecule has 4 rings (SSSR count). The van der Waals surface area contributed by atoms with Crippen LogP contribution in [0, 0.1) is 0 Å². The Labute approximate surface area is 206 Å². The summed E-state index contributed by atoms with van der Waals surface area (Å²) in [7, 11) is -7.23. The van der Waals surface area contributed by atoms with Crippen LogP contribution in [0.3, 0.4) is 0 Å². The molecular weight excluding hydrogens is 516 g/mol. The van der Waals surface area contributed by atoms with E-state index in [-0.39, 0.29) is 14.7 Å². The standard InChI is InChI=1S/C23H21ClN2O5S3/c1-15(17-5-9-19(10-6-17)33(2,28)29)25-34(30,31)20-11-12-21-22(13-20)32-23(27)26(21)14-16-3-7-18(24)8-4-16/h3-13,15,25H,14H2,1-2H3/t15-/m1/s1. The maximum atomic E-state index is 13.0. The van der Waals surface area contributed by atoms with Gasteiger partial charge in [-0.15, -0.1) is 0 Å². The van der Waals surface area contributed by atoms with Crippen LogP contribution < -0.4 is 9.60 Å². The van der Waals surface area contributed by atoms with Gasteiger partial charge in [-0.2, -0.15) is 0 Å². The fourth-order valence-electron chi connectivity index (χ4n) is 3.51. The van der Waals surface area contributed by atoms with Gasteiger partial charge in [-0.1, -0.05) is 47.2 Å². The van der Waals surface area contributed by atoms with Gasteiger partial charge in [0, 0.05) is 17.3 Å². The van der Waals surface area contributed by atoms with E-state index in [2.05, 4.69) is 4.72 Å². The topological polar surface area (TPSA) is 102 Å². The van der Waals surface area contributed by atoms with Crippen molar-refractivity contribution in [1.82, 2.24) is 9.29 Å². The van der Waals surface area contributed by atoms with Crippen LogP contribution in [0.5, 0.6) is 0 Å². The molecule has 0 amide bonds. The van der Waals surface area contributed by atoms with Gasteiger partial charge in [0.1, 0.15) is 0 Å². The number of sulfonamides is 1. The Hall–Kier alpha value is -2.50. The Morgan fingerprint density at radius 1 is 0.941 bits per heavy atom. The Balaban J connectivity index is 1.59. The molecule has 1 N–H and O–H groups in total. The highest BCUT2D eigenvalue weighted by Gasteiger charge is 2.20. The molecule has 0 saturated heterocycles. The van der Waals surface area contributed by atoms with Gasteiger partial charge in [0.25, 0.3) is 0 Å². The summed E-state index contributed by atoms with van der Waals surface area (Å²) in [5.74, 6) is 0. The summed E-state index contributed by atoms with van der Waals surface area (Å²) in [5.41, 5.74) is 2.17. The largest absolute Gasteiger partial charge is 0.308 e. The van der Waals surface area contributed by atoms with Crippen molar-refractivity contribution in [2.24, 2.45) is 0 Å². The summed E-state index contributed by atoms with van der Waals surface area (Å²) < 4.78 is 54.0. The van der Waals surface area contributed by atoms with Gasteiger partial charge in [-0.3, -0.25) is 9.36 Å². The molecule has 34 heavy (non-hydrogen) atoms. The molecule has 0 aliphatic heterocycles. The zero-order valence-electron chi connectivity index (χ0n) is 18.2. The Bertz CT molecular complexity index is 1620. The molecule has 0 spiro atoms. The van der Waals surface area contributed by atoms with E-state index >= 15 is 0 Å². The van der Waals surface area contributed by atoms with Gasteiger partial charge >= 0.3 is 4.87 Å². The molecule has 0 saturated carbocycles. The van der Waals surface area contributed by atoms with Crippen molar-refractivity contribution in [3.63, 3.8) is 0 Å². The molecule has 178 valence electrons. The van der Waals surface area contributed by atoms with Crippen LogP contribution >= 0.6 is 22.9 Å². The molecule has 0 aliphatic carbocycles. The third-order valence-electron chi connectivity index (χ3n) is 5.34. The lowest BCUT2D eigenvalue weighted by Gasteiger charge is -2.15. The van der Waals surface area contributed by atoms with Gasteiger partial charge in [-0.25, -0.2) is 21.6 Å². The van der Waals surface area contributed by atoms with Crippen LogP contribution in [0.4, 0.5) is 0 Å². The molecule has 0 radical (unpaired) electrons. The van der Waals surface area contributed by atoms with E-state index < -0.39 is 25.9 Å². The van der Waals surface area contributed by atoms with E-state index in [0.29, 0.717) is 27.3 Å². The van der Waals surface area contributed by atoms with E-state index in [0.717, 1.165) is 23.2 Å². The second-order valence-electron chi connectivity index (χ2n) is 7.89. The molecule has 0 fully saturated rings. The first-order valence-electron chi connectivity index (χ1n) is 10.1. The summed E-state index contributed by atoms with van der Waals surface area (Å²) in [6.07, 6.45) is 1.11. The number of thiazole rings is 1. The molecule has 0 aliphatic rings. The first-order chi connectivity index (χ1) is 15.9. The highest BCUT2D eigenvalue weighted by Crippen LogP contribution is 2.25. The van der Waals surface area contributed by atoms with Crippen molar-refractivity contribution >= 4 is 53.0 Å². The molecule has 0 bridgehead atoms. The van der Waals surface area contributed by atoms with E-state index in [4.69, 9.17) is 11.6 Å². The van der Waals surface area contributed by atoms with Crippen molar-refractivity contribution in [2.45, 2.75) is 29.3 Å². The average Bonchev–Trinajstić information content (AvgIpc) is 3.08. The minimum Gasteiger partial charge on any atom is -0.294 e. The highest BCUT2D eigenvalue weighted by atomic mass is 35.5. The number of fused-ring (bicyclic) bond motifs is 1. The maximum absolute atomic E-state index is 13.0. The summed E-state index contributed by atoms with van der Waals surface area (Å²) >= 11 is 6.91. The number of nitrogens with one attached hydrogen (secondary N) is 1. The third-order valence-corrected chi connectivity index (χ3v) is 9.20. The van der Waals surface area contributed by atoms with Crippen molar-refractivity contribution in [1.29, 1.82) is 0 Å². The highest BCUT2D eigenvalue weighted by molar-refractivity contribution is 7.90. The number of halogens is 1. The molecule has 1 aromatic heterocycles. The smallest absolute Gasteiger partial charge is 0.294 e. The van der Waals surface area contributed by atoms with Crippen LogP contribution in [0.2, 0.25) is 5.02 Å². The zero-order chi connectivity index (χ0) is 24.7. The second-order valence-corrected chi connectivity index (χ2v) is 13.1. The minimum absolute atomic E-state index is 0.0412. The van der Waals surface area contributed by atoms with Crippen molar-refractivity contribution in [2.75, 3.05) is 6.26 Å². The van der Waals surface area contributed by atoms with Gasteiger partial charge in [-0.05, 0) is 60.5 Å². The fraction of sp³-hybridized carbons (Fsp3) is 0.174. The van der Waals surface area contributed by atoms with Crippen LogP contribution in [-0.4, -0.2) is 27.7 Å². The fourth-order valence-corrected chi connectivity index (χ4v) is 6.53. The van der Waals surface area contributed by atoms with Crippen LogP contribution in [0.15, 0.2) is 81.3 Å². The Morgan fingerprint density at radius 2 is 1.56 bits per heavy atom. The summed E-state index contributed by atoms with van der Waals surface area (Å²) in [4.78, 5) is 12.6. The van der Waals surface area contributed by atoms with E-state index in [1.54, 1.807) is 41.8 Å². The Morgan fingerprint density at radius 3 is 2.18 bits per heavy atom. The van der Waals surface area contributed by atoms with Gasteiger partial charge in [0.05, 0.1) is 26.6 Å². The van der Waals surface area contributed by atoms with Gasteiger partial charge < -0.3 is 0 Å². The SMILES string of the molecule is C[C@@H](NS(=O)(=O)c1ccc2c(c1)sc(=O)n2Cc1ccc(Cl)cc1)c1ccc(S(C)(=O)=O)cc1. The number of hydrogen-bond acceptors (Lipinski definition) is 6. The Kier molecular flexibility index (Phi) is 6.71. The molecule has 3 aromatic carbocycles. The average molecular weight is 537 g/mol. The van der Waals surface area contributed by atoms with Crippen LogP contribution in [0.1, 0.15) is 24.1 Å². The molecular formula is C23H21ClN2O5S3. The van der Waals surface area contributed by atoms with E-state index in [9.17, 15) is 21.6 Å². The van der Waals surface area contributed by atoms with Gasteiger partial charge in [0.2, 0.25) is 10.0 Å². The molecule has 1 atom stereocenters. The van der Waals surface area contributed by atoms with Crippen molar-refractivity contribution in [3.8, 4) is 0 Å². The molecule has 7 nitrogen and oxygen atoms in total. The molecule has 11 heteroatoms. The summed E-state index contributed by atoms with van der Waals surface area (Å²) in [6.45, 7) is 2.02. The lowest BCUT2D eigenvalue weighted by atomic mass is 10.1. The van der Waals surface area contributed by atoms with Crippen molar-refractivity contribution in [3.05, 3.63) is 92.5 Å². The molecule has 0 unspecified atom stereocenters. The first kappa shape index (κ1) is 24.6. The predicted octanol–water partition coefficient (Wildman–Crippen LogP) is 4.21. The van der Waals surface area contributed by atoms with E-state index in [1.807, 2.05) is 12.1 Å². The van der Waals surface area contributed by atoms with Gasteiger partial charge in [0.15, 0.2) is 9.84 Å². The zero-order valence-corrected chi connectivity index (χ0v) is 21.4. The summed E-state index contributed by atoms with van der Waals surface area (Å²) in [5, 5.41) is 0.606. The second kappa shape index (κ2) is 9.27.